The first-order chi connectivity index (χ1) is 11.9. The summed E-state index contributed by atoms with van der Waals surface area (Å²) in [7, 11) is 17.9. The molecule has 0 aromatic heterocycles. The smallest absolute Gasteiger partial charge is 0.0903 e. The SMILES string of the molecule is C1=CC2=CC=C(C3C=Cc4ccccc4[N-]3)[N-]C2C=C1.[ClH+][Nb]([ClH+])([ClH+])[ClH+].[ClH2+]. The van der Waals surface area contributed by atoms with Gasteiger partial charge in [0.1, 0.15) is 0 Å². The van der Waals surface area contributed by atoms with Crippen molar-refractivity contribution in [3.05, 3.63) is 94.3 Å². The number of hydrogen-bond donors (Lipinski definition) is 0. The number of allylic oxidation sites excluding steroid dienone is 4. The summed E-state index contributed by atoms with van der Waals surface area (Å²) in [5.41, 5.74) is 4.50. The first-order valence-corrected chi connectivity index (χ1v) is 19.8. The molecule has 4 rings (SSSR count). The summed E-state index contributed by atoms with van der Waals surface area (Å²) in [6, 6.07) is 8.39. The summed E-state index contributed by atoms with van der Waals surface area (Å²) < 4.78 is 0. The second-order valence-corrected chi connectivity index (χ2v) is 28.9. The van der Waals surface area contributed by atoms with E-state index in [1.807, 2.05) is 12.1 Å². The first kappa shape index (κ1) is 22.0. The molecular formula is C18H20Cl5N2Nb+3. The molecule has 1 aromatic carbocycles. The van der Waals surface area contributed by atoms with E-state index < -0.39 is 12.8 Å². The van der Waals surface area contributed by atoms with Gasteiger partial charge < -0.3 is 10.6 Å². The van der Waals surface area contributed by atoms with Crippen LogP contribution in [0.15, 0.2) is 78.1 Å². The van der Waals surface area contributed by atoms with Gasteiger partial charge in [0.15, 0.2) is 0 Å². The number of rotatable bonds is 1. The Hall–Kier alpha value is -0.290. The van der Waals surface area contributed by atoms with Crippen LogP contribution in [0.4, 0.5) is 5.69 Å². The number of hydrogen-bond acceptors (Lipinski definition) is 0. The average Bonchev–Trinajstić information content (AvgIpc) is 2.59. The van der Waals surface area contributed by atoms with Gasteiger partial charge in [-0.3, -0.25) is 0 Å². The van der Waals surface area contributed by atoms with Gasteiger partial charge in [0.25, 0.3) is 0 Å². The number of nitrogens with zero attached hydrogens (tertiary/aromatic N) is 2. The van der Waals surface area contributed by atoms with E-state index in [0.29, 0.717) is 0 Å². The van der Waals surface area contributed by atoms with Crippen LogP contribution in [0.2, 0.25) is 0 Å². The molecule has 2 heterocycles. The van der Waals surface area contributed by atoms with Gasteiger partial charge in [0.2, 0.25) is 0 Å². The standard InChI is InChI=1S/C18H14N2.ClH2.4ClH.Nb/c1-3-7-15-13(5-1)9-11-17(19-15)18-12-10-14-6-2-4-8-16(14)20-18;;;;;;/h1-12,15,18H;1H2;4*1H;/q-2;+1;;;;;+4. The third-order valence-electron chi connectivity index (χ3n) is 3.75. The van der Waals surface area contributed by atoms with Crippen LogP contribution in [0.1, 0.15) is 5.56 Å². The molecule has 139 valence electrons. The van der Waals surface area contributed by atoms with E-state index >= 15 is 0 Å². The fourth-order valence-corrected chi connectivity index (χ4v) is 2.68. The molecule has 1 aliphatic carbocycles. The van der Waals surface area contributed by atoms with E-state index in [0.717, 1.165) is 11.4 Å². The van der Waals surface area contributed by atoms with Gasteiger partial charge in [-0.2, -0.15) is 5.70 Å². The van der Waals surface area contributed by atoms with Gasteiger partial charge >= 0.3 is 49.6 Å². The van der Waals surface area contributed by atoms with Gasteiger partial charge in [0, 0.05) is 0 Å². The molecule has 0 amide bonds. The molecule has 0 saturated heterocycles. The van der Waals surface area contributed by atoms with E-state index in [1.165, 1.54) is 11.1 Å². The number of benzene rings is 1. The maximum Gasteiger partial charge on any atom is 0.0903 e. The van der Waals surface area contributed by atoms with Crippen LogP contribution in [0.25, 0.3) is 16.7 Å². The largest absolute Gasteiger partial charge is 0.0903 e. The Bertz CT molecular complexity index is 787. The van der Waals surface area contributed by atoms with Crippen molar-refractivity contribution < 1.29 is 62.0 Å². The zero-order valence-corrected chi connectivity index (χ0v) is 19.9. The van der Waals surface area contributed by atoms with Crippen molar-refractivity contribution in [2.45, 2.75) is 12.1 Å². The Morgan fingerprint density at radius 2 is 1.54 bits per heavy atom. The van der Waals surface area contributed by atoms with E-state index in [4.69, 9.17) is 10.6 Å². The van der Waals surface area contributed by atoms with Crippen molar-refractivity contribution in [3.63, 3.8) is 0 Å². The normalized spacial score (nSPS) is 22.2. The minimum Gasteiger partial charge on any atom is 0.0903 e. The first-order valence-electron chi connectivity index (χ1n) is 7.59. The molecule has 26 heavy (non-hydrogen) atoms. The average molecular weight is 535 g/mol. The molecule has 2 aliphatic heterocycles. The van der Waals surface area contributed by atoms with Gasteiger partial charge in [-0.05, 0) is 5.56 Å². The molecule has 0 saturated carbocycles. The topological polar surface area (TPSA) is 28.2 Å². The fraction of sp³-hybridized carbons (Fsp3) is 0.111. The van der Waals surface area contributed by atoms with E-state index in [1.54, 1.807) is 0 Å². The third-order valence-corrected chi connectivity index (χ3v) is 3.75. The summed E-state index contributed by atoms with van der Waals surface area (Å²) in [5, 5.41) is 9.60. The molecule has 2 nitrogen and oxygen atoms in total. The van der Waals surface area contributed by atoms with Crippen LogP contribution >= 0.6 is 0 Å². The maximum absolute atomic E-state index is 4.81. The summed E-state index contributed by atoms with van der Waals surface area (Å²) >= 11 is -2.77. The zero-order valence-electron chi connectivity index (χ0n) is 13.5. The minimum absolute atomic E-state index is 0. The predicted molar refractivity (Wildman–Crippen MR) is 92.2 cm³/mol. The molecule has 0 bridgehead atoms. The van der Waals surface area contributed by atoms with Crippen molar-refractivity contribution in [1.82, 2.24) is 0 Å². The van der Waals surface area contributed by atoms with Crippen molar-refractivity contribution in [1.29, 1.82) is 0 Å². The Morgan fingerprint density at radius 3 is 2.31 bits per heavy atom. The van der Waals surface area contributed by atoms with Gasteiger partial charge in [-0.15, -0.1) is 5.69 Å². The molecule has 0 radical (unpaired) electrons. The summed E-state index contributed by atoms with van der Waals surface area (Å²) in [4.78, 5) is 0. The van der Waals surface area contributed by atoms with Crippen LogP contribution < -0.4 is 0 Å². The van der Waals surface area contributed by atoms with E-state index in [-0.39, 0.29) is 24.5 Å². The minimum atomic E-state index is -2.77. The number of para-hydroxylation sites is 1. The molecule has 2 unspecified atom stereocenters. The van der Waals surface area contributed by atoms with Crippen molar-refractivity contribution >= 4 is 11.8 Å². The Labute approximate surface area is 178 Å². The fourth-order valence-electron chi connectivity index (χ4n) is 2.68. The monoisotopic (exact) mass is 532 g/mol. The van der Waals surface area contributed by atoms with Crippen molar-refractivity contribution in [2.75, 3.05) is 0 Å². The Balaban J connectivity index is 0.000000362. The summed E-state index contributed by atoms with van der Waals surface area (Å²) in [6.45, 7) is 0. The van der Waals surface area contributed by atoms with Crippen LogP contribution in [0.5, 0.6) is 0 Å². The van der Waals surface area contributed by atoms with Crippen LogP contribution in [0, 0.1) is 49.2 Å². The second-order valence-electron chi connectivity index (χ2n) is 5.52. The molecular weight excluding hydrogens is 514 g/mol. The van der Waals surface area contributed by atoms with E-state index in [9.17, 15) is 0 Å². The predicted octanol–water partition coefficient (Wildman–Crippen LogP) is 3.17. The molecule has 8 heteroatoms. The van der Waals surface area contributed by atoms with Gasteiger partial charge in [-0.25, -0.2) is 0 Å². The molecule has 0 N–H and O–H groups in total. The molecule has 3 aliphatic rings. The van der Waals surface area contributed by atoms with Gasteiger partial charge in [-0.1, -0.05) is 90.5 Å². The van der Waals surface area contributed by atoms with Crippen molar-refractivity contribution in [2.24, 2.45) is 0 Å². The van der Waals surface area contributed by atoms with Crippen LogP contribution in [-0.4, -0.2) is 12.1 Å². The molecule has 1 aromatic rings. The Kier molecular flexibility index (Phi) is 8.27. The molecule has 0 fully saturated rings. The zero-order chi connectivity index (χ0) is 17.9. The van der Waals surface area contributed by atoms with E-state index in [2.05, 4.69) is 97.5 Å². The Morgan fingerprint density at radius 1 is 0.808 bits per heavy atom. The second kappa shape index (κ2) is 9.77. The molecule has 0 spiro atoms. The molecule has 2 atom stereocenters. The number of halogens is 5. The number of fused-ring (bicyclic) bond motifs is 2. The van der Waals surface area contributed by atoms with Crippen molar-refractivity contribution in [3.8, 4) is 0 Å². The van der Waals surface area contributed by atoms with Gasteiger partial charge in [0.05, 0.1) is 12.4 Å². The third kappa shape index (κ3) is 6.40. The van der Waals surface area contributed by atoms with Crippen LogP contribution in [0.3, 0.4) is 0 Å². The summed E-state index contributed by atoms with van der Waals surface area (Å²) in [6.07, 6.45) is 16.8. The van der Waals surface area contributed by atoms with Crippen LogP contribution in [-0.2, 0) is 12.8 Å². The quantitative estimate of drug-likeness (QED) is 0.496. The maximum atomic E-state index is 4.81. The summed E-state index contributed by atoms with van der Waals surface area (Å²) in [5.74, 6) is 0.